The fourth-order valence-electron chi connectivity index (χ4n) is 3.93. The molecule has 2 aromatic carbocycles. The summed E-state index contributed by atoms with van der Waals surface area (Å²) >= 11 is 0. The third kappa shape index (κ3) is 5.88. The number of hydrogen-bond donors (Lipinski definition) is 0. The maximum Gasteiger partial charge on any atom is 0.166 e. The Balaban J connectivity index is 1.61. The highest BCUT2D eigenvalue weighted by molar-refractivity contribution is 5.65. The second-order valence-electron chi connectivity index (χ2n) is 8.25. The number of unbranched alkanes of at least 4 members (excludes halogenated alkanes) is 1. The SMILES string of the molecule is CCCCc1ccc(-c2ccc(CC/C=C/C3CC=C(C)CC3)c(F)c2F)cc1. The van der Waals surface area contributed by atoms with Crippen molar-refractivity contribution in [1.29, 1.82) is 0 Å². The van der Waals surface area contributed by atoms with Crippen LogP contribution in [0.5, 0.6) is 0 Å². The van der Waals surface area contributed by atoms with Gasteiger partial charge in [0.2, 0.25) is 0 Å². The molecular formula is C27H32F2. The lowest BCUT2D eigenvalue weighted by Gasteiger charge is -2.16. The molecule has 0 heterocycles. The van der Waals surface area contributed by atoms with Gasteiger partial charge in [0, 0.05) is 5.56 Å². The molecule has 0 spiro atoms. The molecule has 1 aliphatic rings. The van der Waals surface area contributed by atoms with E-state index in [2.05, 4.69) is 32.1 Å². The van der Waals surface area contributed by atoms with E-state index < -0.39 is 11.6 Å². The van der Waals surface area contributed by atoms with Crippen molar-refractivity contribution in [3.63, 3.8) is 0 Å². The standard InChI is InChI=1S/C27H32F2/c1-3-4-7-21-14-16-23(17-15-21)25-19-18-24(26(28)27(25)29)9-6-5-8-22-12-10-20(2)11-13-22/h5,8,10,14-19,22H,3-4,6-7,9,11-13H2,1-2H3/b8-5+. The largest absolute Gasteiger partial charge is 0.203 e. The van der Waals surface area contributed by atoms with E-state index in [0.717, 1.165) is 44.1 Å². The molecule has 29 heavy (non-hydrogen) atoms. The lowest BCUT2D eigenvalue weighted by molar-refractivity contribution is 0.501. The minimum Gasteiger partial charge on any atom is -0.203 e. The predicted octanol–water partition coefficient (Wildman–Crippen LogP) is 8.21. The van der Waals surface area contributed by atoms with Crippen LogP contribution in [0.2, 0.25) is 0 Å². The molecule has 1 atom stereocenters. The minimum absolute atomic E-state index is 0.341. The summed E-state index contributed by atoms with van der Waals surface area (Å²) in [5.41, 5.74) is 4.24. The Bertz CT molecular complexity index is 859. The molecule has 1 aliphatic carbocycles. The first-order valence-electron chi connectivity index (χ1n) is 11.0. The summed E-state index contributed by atoms with van der Waals surface area (Å²) in [5, 5.41) is 0. The molecule has 0 bridgehead atoms. The molecule has 0 amide bonds. The van der Waals surface area contributed by atoms with Gasteiger partial charge in [-0.05, 0) is 74.5 Å². The monoisotopic (exact) mass is 394 g/mol. The van der Waals surface area contributed by atoms with E-state index in [1.165, 1.54) is 17.6 Å². The summed E-state index contributed by atoms with van der Waals surface area (Å²) in [4.78, 5) is 0. The fraction of sp³-hybridized carbons (Fsp3) is 0.407. The average Bonchev–Trinajstić information content (AvgIpc) is 2.74. The molecule has 0 radical (unpaired) electrons. The first-order valence-corrected chi connectivity index (χ1v) is 11.0. The van der Waals surface area contributed by atoms with E-state index in [1.807, 2.05) is 24.3 Å². The van der Waals surface area contributed by atoms with Gasteiger partial charge in [-0.1, -0.05) is 73.5 Å². The van der Waals surface area contributed by atoms with Gasteiger partial charge in [-0.15, -0.1) is 0 Å². The maximum atomic E-state index is 14.7. The van der Waals surface area contributed by atoms with Gasteiger partial charge in [0.1, 0.15) is 0 Å². The van der Waals surface area contributed by atoms with Crippen LogP contribution in [0.3, 0.4) is 0 Å². The van der Waals surface area contributed by atoms with Crippen molar-refractivity contribution in [2.24, 2.45) is 5.92 Å². The minimum atomic E-state index is -0.735. The summed E-state index contributed by atoms with van der Waals surface area (Å²) in [5.74, 6) is -0.856. The van der Waals surface area contributed by atoms with Gasteiger partial charge in [-0.25, -0.2) is 8.78 Å². The molecule has 0 saturated heterocycles. The Morgan fingerprint density at radius 3 is 2.48 bits per heavy atom. The highest BCUT2D eigenvalue weighted by Crippen LogP contribution is 2.28. The molecule has 0 N–H and O–H groups in total. The van der Waals surface area contributed by atoms with E-state index in [4.69, 9.17) is 0 Å². The van der Waals surface area contributed by atoms with Crippen LogP contribution in [0, 0.1) is 17.6 Å². The predicted molar refractivity (Wildman–Crippen MR) is 119 cm³/mol. The van der Waals surface area contributed by atoms with Crippen LogP contribution < -0.4 is 0 Å². The van der Waals surface area contributed by atoms with Crippen molar-refractivity contribution in [2.45, 2.75) is 65.2 Å². The molecule has 0 aliphatic heterocycles. The quantitative estimate of drug-likeness (QED) is 0.396. The van der Waals surface area contributed by atoms with E-state index >= 15 is 0 Å². The molecule has 2 heteroatoms. The Morgan fingerprint density at radius 2 is 1.79 bits per heavy atom. The first kappa shape index (κ1) is 21.5. The lowest BCUT2D eigenvalue weighted by Crippen LogP contribution is -2.01. The van der Waals surface area contributed by atoms with Gasteiger partial charge in [0.15, 0.2) is 11.6 Å². The van der Waals surface area contributed by atoms with E-state index in [9.17, 15) is 8.78 Å². The third-order valence-corrected chi connectivity index (χ3v) is 5.91. The molecule has 0 nitrogen and oxygen atoms in total. The fourth-order valence-corrected chi connectivity index (χ4v) is 3.93. The summed E-state index contributed by atoms with van der Waals surface area (Å²) in [7, 11) is 0. The Kier molecular flexibility index (Phi) is 7.80. The topological polar surface area (TPSA) is 0 Å². The summed E-state index contributed by atoms with van der Waals surface area (Å²) in [6.07, 6.45) is 14.7. The van der Waals surface area contributed by atoms with E-state index in [1.54, 1.807) is 12.1 Å². The van der Waals surface area contributed by atoms with Crippen LogP contribution in [0.15, 0.2) is 60.2 Å². The number of aryl methyl sites for hydroxylation is 2. The summed E-state index contributed by atoms with van der Waals surface area (Å²) in [6.45, 7) is 4.35. The van der Waals surface area contributed by atoms with Crippen molar-refractivity contribution >= 4 is 0 Å². The molecule has 1 unspecified atom stereocenters. The third-order valence-electron chi connectivity index (χ3n) is 5.91. The molecule has 0 saturated carbocycles. The molecule has 0 aromatic heterocycles. The molecule has 154 valence electrons. The molecule has 0 fully saturated rings. The van der Waals surface area contributed by atoms with Gasteiger partial charge in [0.05, 0.1) is 0 Å². The van der Waals surface area contributed by atoms with Crippen molar-refractivity contribution < 1.29 is 8.78 Å². The second-order valence-corrected chi connectivity index (χ2v) is 8.25. The van der Waals surface area contributed by atoms with Crippen LogP contribution >= 0.6 is 0 Å². The van der Waals surface area contributed by atoms with Gasteiger partial charge in [0.25, 0.3) is 0 Å². The smallest absolute Gasteiger partial charge is 0.166 e. The second kappa shape index (κ2) is 10.5. The van der Waals surface area contributed by atoms with Crippen molar-refractivity contribution in [3.05, 3.63) is 83.0 Å². The lowest BCUT2D eigenvalue weighted by atomic mass is 9.90. The first-order chi connectivity index (χ1) is 14.1. The van der Waals surface area contributed by atoms with Gasteiger partial charge >= 0.3 is 0 Å². The molecular weight excluding hydrogens is 362 g/mol. The zero-order valence-electron chi connectivity index (χ0n) is 17.7. The van der Waals surface area contributed by atoms with E-state index in [0.29, 0.717) is 23.5 Å². The highest BCUT2D eigenvalue weighted by atomic mass is 19.2. The number of halogens is 2. The van der Waals surface area contributed by atoms with Crippen LogP contribution in [-0.2, 0) is 12.8 Å². The van der Waals surface area contributed by atoms with Crippen molar-refractivity contribution in [2.75, 3.05) is 0 Å². The number of rotatable bonds is 8. The normalized spacial score (nSPS) is 17.0. The van der Waals surface area contributed by atoms with Crippen molar-refractivity contribution in [3.8, 4) is 11.1 Å². The summed E-state index contributed by atoms with van der Waals surface area (Å²) < 4.78 is 29.3. The summed E-state index contributed by atoms with van der Waals surface area (Å²) in [6, 6.07) is 11.3. The van der Waals surface area contributed by atoms with Gasteiger partial charge in [-0.3, -0.25) is 0 Å². The number of hydrogen-bond acceptors (Lipinski definition) is 0. The van der Waals surface area contributed by atoms with E-state index in [-0.39, 0.29) is 0 Å². The Labute approximate surface area is 174 Å². The van der Waals surface area contributed by atoms with Crippen LogP contribution in [-0.4, -0.2) is 0 Å². The number of benzene rings is 2. The van der Waals surface area contributed by atoms with Crippen LogP contribution in [0.25, 0.3) is 11.1 Å². The highest BCUT2D eigenvalue weighted by Gasteiger charge is 2.14. The van der Waals surface area contributed by atoms with Gasteiger partial charge in [-0.2, -0.15) is 0 Å². The molecule has 2 aromatic rings. The van der Waals surface area contributed by atoms with Crippen LogP contribution in [0.4, 0.5) is 8.78 Å². The zero-order valence-corrected chi connectivity index (χ0v) is 17.7. The maximum absolute atomic E-state index is 14.7. The zero-order chi connectivity index (χ0) is 20.6. The Morgan fingerprint density at radius 1 is 1.00 bits per heavy atom. The Hall–Kier alpha value is -2.22. The average molecular weight is 395 g/mol. The van der Waals surface area contributed by atoms with Crippen molar-refractivity contribution in [1.82, 2.24) is 0 Å². The molecule has 3 rings (SSSR count). The van der Waals surface area contributed by atoms with Crippen LogP contribution in [0.1, 0.15) is 63.5 Å². The van der Waals surface area contributed by atoms with Gasteiger partial charge < -0.3 is 0 Å². The number of allylic oxidation sites excluding steroid dienone is 4.